The summed E-state index contributed by atoms with van der Waals surface area (Å²) in [7, 11) is 0. The third-order valence-corrected chi connectivity index (χ3v) is 2.87. The van der Waals surface area contributed by atoms with Gasteiger partial charge >= 0.3 is 5.97 Å². The molecule has 0 radical (unpaired) electrons. The van der Waals surface area contributed by atoms with Gasteiger partial charge in [0.2, 0.25) is 0 Å². The fraction of sp³-hybridized carbons (Fsp3) is 0.400. The molecule has 0 fully saturated rings. The highest BCUT2D eigenvalue weighted by atomic mass is 16.5. The van der Waals surface area contributed by atoms with Gasteiger partial charge < -0.3 is 4.74 Å². The Hall–Kier alpha value is -1.57. The van der Waals surface area contributed by atoms with E-state index < -0.39 is 0 Å². The van der Waals surface area contributed by atoms with E-state index in [0.29, 0.717) is 6.61 Å². The molecule has 1 rings (SSSR count). The summed E-state index contributed by atoms with van der Waals surface area (Å²) < 4.78 is 5.05. The molecule has 0 aliphatic carbocycles. The fourth-order valence-electron chi connectivity index (χ4n) is 1.79. The van der Waals surface area contributed by atoms with Gasteiger partial charge in [-0.25, -0.2) is 4.79 Å². The number of ether oxygens (including phenoxy) is 1. The van der Waals surface area contributed by atoms with Gasteiger partial charge in [-0.15, -0.1) is 0 Å². The van der Waals surface area contributed by atoms with Crippen LogP contribution < -0.4 is 0 Å². The van der Waals surface area contributed by atoms with Crippen molar-refractivity contribution in [3.8, 4) is 0 Å². The maximum absolute atomic E-state index is 11.8. The van der Waals surface area contributed by atoms with Gasteiger partial charge in [0, 0.05) is 11.5 Å². The van der Waals surface area contributed by atoms with Crippen molar-refractivity contribution in [3.05, 3.63) is 47.0 Å². The molecule has 0 saturated carbocycles. The zero-order valence-corrected chi connectivity index (χ0v) is 11.0. The van der Waals surface area contributed by atoms with Gasteiger partial charge in [0.25, 0.3) is 0 Å². The Morgan fingerprint density at radius 3 is 2.41 bits per heavy atom. The van der Waals surface area contributed by atoms with Crippen LogP contribution in [0, 0.1) is 6.92 Å². The van der Waals surface area contributed by atoms with Crippen LogP contribution >= 0.6 is 0 Å². The maximum Gasteiger partial charge on any atom is 0.334 e. The molecule has 1 aromatic rings. The minimum atomic E-state index is -0.219. The minimum absolute atomic E-state index is 0.0691. The average molecular weight is 232 g/mol. The van der Waals surface area contributed by atoms with Gasteiger partial charge in [-0.1, -0.05) is 42.8 Å². The topological polar surface area (TPSA) is 26.3 Å². The van der Waals surface area contributed by atoms with Gasteiger partial charge in [0.05, 0.1) is 6.61 Å². The van der Waals surface area contributed by atoms with E-state index in [1.165, 1.54) is 5.56 Å². The summed E-state index contributed by atoms with van der Waals surface area (Å²) in [6.45, 7) is 8.18. The van der Waals surface area contributed by atoms with E-state index in [4.69, 9.17) is 4.74 Å². The number of rotatable bonds is 4. The molecule has 0 saturated heterocycles. The van der Waals surface area contributed by atoms with Crippen molar-refractivity contribution in [2.75, 3.05) is 6.61 Å². The van der Waals surface area contributed by atoms with E-state index in [9.17, 15) is 4.79 Å². The van der Waals surface area contributed by atoms with E-state index in [-0.39, 0.29) is 11.9 Å². The van der Waals surface area contributed by atoms with Crippen LogP contribution in [0.25, 0.3) is 0 Å². The van der Waals surface area contributed by atoms with Crippen LogP contribution in [0.3, 0.4) is 0 Å². The SMILES string of the molecule is C/C=C(/C(=O)OCC)C(C)c1ccc(C)cc1. The monoisotopic (exact) mass is 232 g/mol. The van der Waals surface area contributed by atoms with Crippen molar-refractivity contribution in [2.45, 2.75) is 33.6 Å². The standard InChI is InChI=1S/C15H20O2/c1-5-14(15(16)17-6-2)12(4)13-9-7-11(3)8-10-13/h5,7-10,12H,6H2,1-4H3/b14-5+. The lowest BCUT2D eigenvalue weighted by Gasteiger charge is -2.15. The summed E-state index contributed by atoms with van der Waals surface area (Å²) in [6.07, 6.45) is 1.84. The zero-order chi connectivity index (χ0) is 12.8. The lowest BCUT2D eigenvalue weighted by Crippen LogP contribution is -2.13. The smallest absolute Gasteiger partial charge is 0.334 e. The number of esters is 1. The minimum Gasteiger partial charge on any atom is -0.463 e. The fourth-order valence-corrected chi connectivity index (χ4v) is 1.79. The molecule has 2 heteroatoms. The van der Waals surface area contributed by atoms with Crippen LogP contribution in [0.4, 0.5) is 0 Å². The third kappa shape index (κ3) is 3.45. The first-order valence-corrected chi connectivity index (χ1v) is 6.00. The summed E-state index contributed by atoms with van der Waals surface area (Å²) in [5.74, 6) is -0.150. The van der Waals surface area contributed by atoms with Gasteiger partial charge in [0.1, 0.15) is 0 Å². The molecule has 0 N–H and O–H groups in total. The third-order valence-electron chi connectivity index (χ3n) is 2.87. The van der Waals surface area contributed by atoms with Crippen LogP contribution in [0.1, 0.15) is 37.8 Å². The Balaban J connectivity index is 2.90. The summed E-state index contributed by atoms with van der Waals surface area (Å²) in [6, 6.07) is 8.24. The van der Waals surface area contributed by atoms with Crippen LogP contribution in [-0.2, 0) is 9.53 Å². The molecule has 2 nitrogen and oxygen atoms in total. The Labute approximate surface area is 103 Å². The van der Waals surface area contributed by atoms with E-state index >= 15 is 0 Å². The second kappa shape index (κ2) is 6.24. The molecule has 0 heterocycles. The number of aryl methyl sites for hydroxylation is 1. The van der Waals surface area contributed by atoms with E-state index in [1.54, 1.807) is 0 Å². The van der Waals surface area contributed by atoms with Gasteiger partial charge in [-0.05, 0) is 26.3 Å². The van der Waals surface area contributed by atoms with Gasteiger partial charge in [-0.2, -0.15) is 0 Å². The predicted octanol–water partition coefficient (Wildman–Crippen LogP) is 3.61. The van der Waals surface area contributed by atoms with Crippen molar-refractivity contribution in [3.63, 3.8) is 0 Å². The van der Waals surface area contributed by atoms with Gasteiger partial charge in [-0.3, -0.25) is 0 Å². The Morgan fingerprint density at radius 2 is 1.94 bits per heavy atom. The van der Waals surface area contributed by atoms with Crippen molar-refractivity contribution >= 4 is 5.97 Å². The second-order valence-electron chi connectivity index (χ2n) is 4.10. The lowest BCUT2D eigenvalue weighted by molar-refractivity contribution is -0.138. The lowest BCUT2D eigenvalue weighted by atomic mass is 9.92. The Bertz CT molecular complexity index is 401. The molecule has 92 valence electrons. The summed E-state index contributed by atoms with van der Waals surface area (Å²) >= 11 is 0. The highest BCUT2D eigenvalue weighted by Crippen LogP contribution is 2.25. The average Bonchev–Trinajstić information content (AvgIpc) is 2.31. The normalized spacial score (nSPS) is 13.3. The Morgan fingerprint density at radius 1 is 1.35 bits per heavy atom. The molecule has 1 atom stereocenters. The van der Waals surface area contributed by atoms with Crippen molar-refractivity contribution < 1.29 is 9.53 Å². The van der Waals surface area contributed by atoms with Crippen LogP contribution in [0.2, 0.25) is 0 Å². The molecular weight excluding hydrogens is 212 g/mol. The van der Waals surface area contributed by atoms with Crippen LogP contribution in [0.5, 0.6) is 0 Å². The van der Waals surface area contributed by atoms with Crippen LogP contribution in [-0.4, -0.2) is 12.6 Å². The van der Waals surface area contributed by atoms with E-state index in [1.807, 2.05) is 26.8 Å². The number of benzene rings is 1. The van der Waals surface area contributed by atoms with E-state index in [0.717, 1.165) is 11.1 Å². The largest absolute Gasteiger partial charge is 0.463 e. The molecule has 0 aromatic heterocycles. The molecule has 1 unspecified atom stereocenters. The number of carbonyl (C=O) groups is 1. The second-order valence-corrected chi connectivity index (χ2v) is 4.10. The first-order chi connectivity index (χ1) is 8.10. The number of hydrogen-bond acceptors (Lipinski definition) is 2. The molecule has 0 spiro atoms. The molecule has 1 aromatic carbocycles. The number of carbonyl (C=O) groups excluding carboxylic acids is 1. The number of hydrogen-bond donors (Lipinski definition) is 0. The molecule has 0 aliphatic rings. The summed E-state index contributed by atoms with van der Waals surface area (Å²) in [5, 5.41) is 0. The van der Waals surface area contributed by atoms with Crippen LogP contribution in [0.15, 0.2) is 35.9 Å². The van der Waals surface area contributed by atoms with E-state index in [2.05, 4.69) is 31.2 Å². The van der Waals surface area contributed by atoms with Gasteiger partial charge in [0.15, 0.2) is 0 Å². The van der Waals surface area contributed by atoms with Crippen molar-refractivity contribution in [2.24, 2.45) is 0 Å². The molecule has 0 aliphatic heterocycles. The first-order valence-electron chi connectivity index (χ1n) is 6.00. The highest BCUT2D eigenvalue weighted by Gasteiger charge is 2.18. The predicted molar refractivity (Wildman–Crippen MR) is 70.0 cm³/mol. The first kappa shape index (κ1) is 13.5. The van der Waals surface area contributed by atoms with Crippen molar-refractivity contribution in [1.29, 1.82) is 0 Å². The molecule has 0 amide bonds. The zero-order valence-electron chi connectivity index (χ0n) is 11.0. The Kier molecular flexibility index (Phi) is 4.95. The summed E-state index contributed by atoms with van der Waals surface area (Å²) in [4.78, 5) is 11.8. The van der Waals surface area contributed by atoms with Crippen molar-refractivity contribution in [1.82, 2.24) is 0 Å². The highest BCUT2D eigenvalue weighted by molar-refractivity contribution is 5.90. The maximum atomic E-state index is 11.8. The molecule has 0 bridgehead atoms. The quantitative estimate of drug-likeness (QED) is 0.585. The summed E-state index contributed by atoms with van der Waals surface area (Å²) in [5.41, 5.74) is 3.08. The molecule has 17 heavy (non-hydrogen) atoms. The number of allylic oxidation sites excluding steroid dienone is 1. The molecular formula is C15H20O2.